The standard InChI is InChI=1S/C18H25N5O3/c1-13(24)22-7-14-8-23(16(25)15-9-20(2)12-19-15)11-18(14,10-22)17(26)21-5-3-4-6-21/h9,12,14H,3-8,10-11H2,1-2H3/t14-,18-/m0/s1. The highest BCUT2D eigenvalue weighted by Crippen LogP contribution is 2.44. The molecule has 26 heavy (non-hydrogen) atoms. The number of imidazole rings is 1. The zero-order valence-electron chi connectivity index (χ0n) is 15.3. The smallest absolute Gasteiger partial charge is 0.274 e. The minimum absolute atomic E-state index is 0.00407. The lowest BCUT2D eigenvalue weighted by molar-refractivity contribution is -0.141. The summed E-state index contributed by atoms with van der Waals surface area (Å²) in [6, 6.07) is 0. The number of hydrogen-bond donors (Lipinski definition) is 0. The molecular weight excluding hydrogens is 334 g/mol. The van der Waals surface area contributed by atoms with E-state index < -0.39 is 5.41 Å². The number of likely N-dealkylation sites (tertiary alicyclic amines) is 3. The van der Waals surface area contributed by atoms with Crippen LogP contribution in [0.3, 0.4) is 0 Å². The number of rotatable bonds is 2. The Balaban J connectivity index is 1.60. The van der Waals surface area contributed by atoms with Gasteiger partial charge >= 0.3 is 0 Å². The predicted octanol–water partition coefficient (Wildman–Crippen LogP) is -0.0370. The van der Waals surface area contributed by atoms with E-state index in [4.69, 9.17) is 0 Å². The fourth-order valence-corrected chi connectivity index (χ4v) is 4.68. The molecule has 3 aliphatic heterocycles. The second-order valence-corrected chi connectivity index (χ2v) is 7.86. The van der Waals surface area contributed by atoms with Crippen molar-refractivity contribution >= 4 is 17.7 Å². The number of fused-ring (bicyclic) bond motifs is 1. The summed E-state index contributed by atoms with van der Waals surface area (Å²) in [6.45, 7) is 4.93. The molecule has 0 saturated carbocycles. The van der Waals surface area contributed by atoms with E-state index >= 15 is 0 Å². The lowest BCUT2D eigenvalue weighted by atomic mass is 9.79. The molecule has 0 N–H and O–H groups in total. The highest BCUT2D eigenvalue weighted by atomic mass is 16.2. The van der Waals surface area contributed by atoms with Crippen LogP contribution in [0.4, 0.5) is 0 Å². The number of aromatic nitrogens is 2. The van der Waals surface area contributed by atoms with E-state index in [2.05, 4.69) is 4.98 Å². The third-order valence-electron chi connectivity index (χ3n) is 6.08. The van der Waals surface area contributed by atoms with E-state index in [1.54, 1.807) is 33.8 Å². The van der Waals surface area contributed by atoms with Crippen molar-refractivity contribution in [3.8, 4) is 0 Å². The molecular formula is C18H25N5O3. The molecule has 1 aromatic rings. The molecule has 8 nitrogen and oxygen atoms in total. The number of carbonyl (C=O) groups excluding carboxylic acids is 3. The van der Waals surface area contributed by atoms with Gasteiger partial charge in [-0.05, 0) is 12.8 Å². The normalized spacial score (nSPS) is 27.9. The minimum Gasteiger partial charge on any atom is -0.342 e. The SMILES string of the molecule is CC(=O)N1C[C@H]2CN(C(=O)c3cn(C)cn3)C[C@@]2(C(=O)N2CCCC2)C1. The van der Waals surface area contributed by atoms with Crippen molar-refractivity contribution in [3.63, 3.8) is 0 Å². The van der Waals surface area contributed by atoms with Crippen LogP contribution in [-0.2, 0) is 16.6 Å². The van der Waals surface area contributed by atoms with Crippen molar-refractivity contribution in [1.29, 1.82) is 0 Å². The van der Waals surface area contributed by atoms with Crippen LogP contribution in [0, 0.1) is 11.3 Å². The van der Waals surface area contributed by atoms with Crippen molar-refractivity contribution in [2.75, 3.05) is 39.3 Å². The second-order valence-electron chi connectivity index (χ2n) is 7.86. The average Bonchev–Trinajstić information content (AvgIpc) is 3.36. The molecule has 4 heterocycles. The Morgan fingerprint density at radius 2 is 1.73 bits per heavy atom. The molecule has 2 atom stereocenters. The van der Waals surface area contributed by atoms with Crippen molar-refractivity contribution < 1.29 is 14.4 Å². The molecule has 0 bridgehead atoms. The molecule has 4 rings (SSSR count). The molecule has 0 radical (unpaired) electrons. The van der Waals surface area contributed by atoms with Crippen molar-refractivity contribution in [3.05, 3.63) is 18.2 Å². The van der Waals surface area contributed by atoms with E-state index in [0.717, 1.165) is 25.9 Å². The van der Waals surface area contributed by atoms with Gasteiger partial charge < -0.3 is 19.3 Å². The predicted molar refractivity (Wildman–Crippen MR) is 93.1 cm³/mol. The highest BCUT2D eigenvalue weighted by molar-refractivity contribution is 5.94. The number of hydrogen-bond acceptors (Lipinski definition) is 4. The lowest BCUT2D eigenvalue weighted by Crippen LogP contribution is -2.49. The van der Waals surface area contributed by atoms with Crippen LogP contribution < -0.4 is 0 Å². The lowest BCUT2D eigenvalue weighted by Gasteiger charge is -2.32. The second kappa shape index (κ2) is 6.10. The molecule has 3 amide bonds. The van der Waals surface area contributed by atoms with E-state index in [-0.39, 0.29) is 23.6 Å². The number of carbonyl (C=O) groups is 3. The number of aryl methyl sites for hydroxylation is 1. The Bertz CT molecular complexity index is 754. The summed E-state index contributed by atoms with van der Waals surface area (Å²) in [5, 5.41) is 0. The Kier molecular flexibility index (Phi) is 4.00. The van der Waals surface area contributed by atoms with Gasteiger partial charge in [0.05, 0.1) is 11.7 Å². The first kappa shape index (κ1) is 17.1. The molecule has 3 saturated heterocycles. The van der Waals surface area contributed by atoms with Gasteiger partial charge in [-0.2, -0.15) is 0 Å². The van der Waals surface area contributed by atoms with Crippen molar-refractivity contribution in [2.24, 2.45) is 18.4 Å². The summed E-state index contributed by atoms with van der Waals surface area (Å²) in [5.41, 5.74) is -0.264. The molecule has 0 aromatic carbocycles. The maximum atomic E-state index is 13.4. The fraction of sp³-hybridized carbons (Fsp3) is 0.667. The number of amides is 3. The first-order valence-electron chi connectivity index (χ1n) is 9.23. The van der Waals surface area contributed by atoms with Gasteiger partial charge in [-0.3, -0.25) is 14.4 Å². The molecule has 3 aliphatic rings. The summed E-state index contributed by atoms with van der Waals surface area (Å²) in [4.78, 5) is 47.7. The summed E-state index contributed by atoms with van der Waals surface area (Å²) >= 11 is 0. The van der Waals surface area contributed by atoms with Gasteiger partial charge in [0.25, 0.3) is 5.91 Å². The third kappa shape index (κ3) is 2.59. The van der Waals surface area contributed by atoms with E-state index in [9.17, 15) is 14.4 Å². The summed E-state index contributed by atoms with van der Waals surface area (Å²) in [7, 11) is 1.83. The van der Waals surface area contributed by atoms with Crippen LogP contribution in [0.5, 0.6) is 0 Å². The van der Waals surface area contributed by atoms with E-state index in [1.807, 2.05) is 11.9 Å². The Labute approximate surface area is 152 Å². The summed E-state index contributed by atoms with van der Waals surface area (Å²) in [6.07, 6.45) is 5.36. The quantitative estimate of drug-likeness (QED) is 0.742. The van der Waals surface area contributed by atoms with Gasteiger partial charge in [0, 0.05) is 65.4 Å². The largest absolute Gasteiger partial charge is 0.342 e. The number of nitrogens with zero attached hydrogens (tertiary/aromatic N) is 5. The summed E-state index contributed by atoms with van der Waals surface area (Å²) < 4.78 is 1.74. The van der Waals surface area contributed by atoms with Gasteiger partial charge in [0.15, 0.2) is 0 Å². The molecule has 0 aliphatic carbocycles. The first-order valence-corrected chi connectivity index (χ1v) is 9.23. The van der Waals surface area contributed by atoms with Crippen LogP contribution in [-0.4, -0.2) is 81.2 Å². The van der Waals surface area contributed by atoms with Crippen LogP contribution >= 0.6 is 0 Å². The Hall–Kier alpha value is -2.38. The van der Waals surface area contributed by atoms with Gasteiger partial charge in [0.2, 0.25) is 11.8 Å². The molecule has 0 spiro atoms. The monoisotopic (exact) mass is 359 g/mol. The zero-order valence-corrected chi connectivity index (χ0v) is 15.3. The van der Waals surface area contributed by atoms with Gasteiger partial charge in [-0.1, -0.05) is 0 Å². The fourth-order valence-electron chi connectivity index (χ4n) is 4.68. The maximum Gasteiger partial charge on any atom is 0.274 e. The van der Waals surface area contributed by atoms with E-state index in [1.165, 1.54) is 0 Å². The van der Waals surface area contributed by atoms with Crippen LogP contribution in [0.15, 0.2) is 12.5 Å². The molecule has 140 valence electrons. The van der Waals surface area contributed by atoms with Crippen molar-refractivity contribution in [2.45, 2.75) is 19.8 Å². The van der Waals surface area contributed by atoms with Crippen LogP contribution in [0.1, 0.15) is 30.3 Å². The zero-order chi connectivity index (χ0) is 18.5. The van der Waals surface area contributed by atoms with Crippen LogP contribution in [0.2, 0.25) is 0 Å². The van der Waals surface area contributed by atoms with E-state index in [0.29, 0.717) is 31.9 Å². The van der Waals surface area contributed by atoms with Crippen molar-refractivity contribution in [1.82, 2.24) is 24.3 Å². The Morgan fingerprint density at radius 3 is 2.35 bits per heavy atom. The van der Waals surface area contributed by atoms with Gasteiger partial charge in [-0.25, -0.2) is 4.98 Å². The maximum absolute atomic E-state index is 13.4. The van der Waals surface area contributed by atoms with Gasteiger partial charge in [0.1, 0.15) is 5.69 Å². The van der Waals surface area contributed by atoms with Gasteiger partial charge in [-0.15, -0.1) is 0 Å². The van der Waals surface area contributed by atoms with Crippen LogP contribution in [0.25, 0.3) is 0 Å². The summed E-state index contributed by atoms with van der Waals surface area (Å²) in [5.74, 6) is -0.0363. The molecule has 0 unspecified atom stereocenters. The molecule has 3 fully saturated rings. The Morgan fingerprint density at radius 1 is 1.08 bits per heavy atom. The molecule has 8 heteroatoms. The first-order chi connectivity index (χ1) is 12.4. The third-order valence-corrected chi connectivity index (χ3v) is 6.08. The highest BCUT2D eigenvalue weighted by Gasteiger charge is 2.59. The topological polar surface area (TPSA) is 78.8 Å². The molecule has 1 aromatic heterocycles. The average molecular weight is 359 g/mol. The minimum atomic E-state index is -0.666.